The molecular weight excluding hydrogens is 334 g/mol. The molecule has 0 saturated heterocycles. The molecule has 0 spiro atoms. The van der Waals surface area contributed by atoms with Crippen LogP contribution in [0.15, 0.2) is 6.20 Å². The number of hydrogen-bond acceptors (Lipinski definition) is 7. The Bertz CT molecular complexity index is 619. The molecule has 26 heavy (non-hydrogen) atoms. The van der Waals surface area contributed by atoms with Crippen molar-refractivity contribution in [2.75, 3.05) is 17.7 Å². The van der Waals surface area contributed by atoms with Crippen LogP contribution in [0.1, 0.15) is 61.7 Å². The summed E-state index contributed by atoms with van der Waals surface area (Å²) < 4.78 is 5.40. The fourth-order valence-corrected chi connectivity index (χ4v) is 3.86. The summed E-state index contributed by atoms with van der Waals surface area (Å²) >= 11 is 0. The number of anilines is 2. The minimum absolute atomic E-state index is 0.0803. The Morgan fingerprint density at radius 3 is 2.62 bits per heavy atom. The first-order chi connectivity index (χ1) is 12.5. The number of rotatable bonds is 6. The Balaban J connectivity index is 1.68. The molecule has 5 N–H and O–H groups in total. The van der Waals surface area contributed by atoms with Gasteiger partial charge in [0, 0.05) is 25.4 Å². The van der Waals surface area contributed by atoms with E-state index in [9.17, 15) is 9.90 Å². The van der Waals surface area contributed by atoms with Crippen molar-refractivity contribution in [1.29, 1.82) is 0 Å². The summed E-state index contributed by atoms with van der Waals surface area (Å²) in [4.78, 5) is 20.5. The second-order valence-corrected chi connectivity index (χ2v) is 7.34. The van der Waals surface area contributed by atoms with Crippen molar-refractivity contribution < 1.29 is 14.6 Å². The predicted octanol–water partition coefficient (Wildman–Crippen LogP) is 1.66. The Morgan fingerprint density at radius 1 is 1.19 bits per heavy atom. The van der Waals surface area contributed by atoms with Crippen LogP contribution in [0.3, 0.4) is 0 Å². The second-order valence-electron chi connectivity index (χ2n) is 7.34. The number of ether oxygens (including phenoxy) is 1. The standard InChI is InChI=1S/C18H29N5O3/c1-26-14-7-5-11(6-8-14)22-18-20-10-15(16(19)25)17(23-18)21-12-3-2-4-13(24)9-12/h10-14,24H,2-9H2,1H3,(H2,19,25)(H2,20,21,22,23). The molecule has 2 atom stereocenters. The van der Waals surface area contributed by atoms with Crippen molar-refractivity contribution in [2.45, 2.75) is 75.7 Å². The van der Waals surface area contributed by atoms with E-state index in [1.165, 1.54) is 6.20 Å². The minimum Gasteiger partial charge on any atom is -0.393 e. The molecule has 8 heteroatoms. The van der Waals surface area contributed by atoms with E-state index in [1.807, 2.05) is 0 Å². The van der Waals surface area contributed by atoms with Gasteiger partial charge >= 0.3 is 0 Å². The number of aliphatic hydroxyl groups is 1. The SMILES string of the molecule is COC1CCC(Nc2ncc(C(N)=O)c(NC3CCCC(O)C3)n2)CC1. The maximum atomic E-state index is 11.7. The Hall–Kier alpha value is -1.93. The van der Waals surface area contributed by atoms with Gasteiger partial charge in [-0.2, -0.15) is 4.98 Å². The van der Waals surface area contributed by atoms with Gasteiger partial charge in [0.25, 0.3) is 5.91 Å². The van der Waals surface area contributed by atoms with Crippen molar-refractivity contribution >= 4 is 17.7 Å². The van der Waals surface area contributed by atoms with Gasteiger partial charge in [-0.15, -0.1) is 0 Å². The van der Waals surface area contributed by atoms with Crippen LogP contribution >= 0.6 is 0 Å². The molecule has 2 saturated carbocycles. The van der Waals surface area contributed by atoms with Crippen molar-refractivity contribution in [3.8, 4) is 0 Å². The highest BCUT2D eigenvalue weighted by molar-refractivity contribution is 5.97. The number of methoxy groups -OCH3 is 1. The van der Waals surface area contributed by atoms with E-state index in [0.29, 0.717) is 30.3 Å². The summed E-state index contributed by atoms with van der Waals surface area (Å²) in [5.41, 5.74) is 5.75. The largest absolute Gasteiger partial charge is 0.393 e. The number of nitrogens with zero attached hydrogens (tertiary/aromatic N) is 2. The van der Waals surface area contributed by atoms with Crippen molar-refractivity contribution in [3.63, 3.8) is 0 Å². The van der Waals surface area contributed by atoms with E-state index in [-0.39, 0.29) is 17.7 Å². The van der Waals surface area contributed by atoms with Crippen molar-refractivity contribution in [1.82, 2.24) is 9.97 Å². The first-order valence-electron chi connectivity index (χ1n) is 9.46. The highest BCUT2D eigenvalue weighted by atomic mass is 16.5. The average molecular weight is 363 g/mol. The fraction of sp³-hybridized carbons (Fsp3) is 0.722. The summed E-state index contributed by atoms with van der Waals surface area (Å²) in [7, 11) is 1.75. The molecular formula is C18H29N5O3. The molecule has 1 aromatic heterocycles. The third kappa shape index (κ3) is 4.82. The quantitative estimate of drug-likeness (QED) is 0.606. The molecule has 1 heterocycles. The zero-order chi connectivity index (χ0) is 18.5. The number of primary amides is 1. The molecule has 8 nitrogen and oxygen atoms in total. The maximum absolute atomic E-state index is 11.7. The van der Waals surface area contributed by atoms with Gasteiger partial charge in [0.2, 0.25) is 5.95 Å². The molecule has 1 amide bonds. The lowest BCUT2D eigenvalue weighted by molar-refractivity contribution is 0.0681. The number of nitrogens with two attached hydrogens (primary N) is 1. The smallest absolute Gasteiger partial charge is 0.254 e. The Labute approximate surface area is 153 Å². The molecule has 1 aromatic rings. The zero-order valence-electron chi connectivity index (χ0n) is 15.3. The third-order valence-electron chi connectivity index (χ3n) is 5.38. The summed E-state index contributed by atoms with van der Waals surface area (Å²) in [5.74, 6) is 0.380. The van der Waals surface area contributed by atoms with Crippen molar-refractivity contribution in [2.24, 2.45) is 5.73 Å². The van der Waals surface area contributed by atoms with Crippen molar-refractivity contribution in [3.05, 3.63) is 11.8 Å². The predicted molar refractivity (Wildman–Crippen MR) is 99.1 cm³/mol. The van der Waals surface area contributed by atoms with Crippen LogP contribution in [0, 0.1) is 0 Å². The number of hydrogen-bond donors (Lipinski definition) is 4. The molecule has 2 fully saturated rings. The van der Waals surface area contributed by atoms with Crippen LogP contribution in [-0.4, -0.2) is 52.4 Å². The van der Waals surface area contributed by atoms with Crippen LogP contribution in [0.4, 0.5) is 11.8 Å². The number of carbonyl (C=O) groups is 1. The van der Waals surface area contributed by atoms with Gasteiger partial charge in [-0.25, -0.2) is 4.98 Å². The Morgan fingerprint density at radius 2 is 1.96 bits per heavy atom. The molecule has 0 aliphatic heterocycles. The second kappa shape index (κ2) is 8.64. The van der Waals surface area contributed by atoms with E-state index >= 15 is 0 Å². The van der Waals surface area contributed by atoms with E-state index < -0.39 is 5.91 Å². The zero-order valence-corrected chi connectivity index (χ0v) is 15.3. The molecule has 3 rings (SSSR count). The van der Waals surface area contributed by atoms with Crippen LogP contribution in [0.25, 0.3) is 0 Å². The summed E-state index contributed by atoms with van der Waals surface area (Å²) in [5, 5.41) is 16.5. The van der Waals surface area contributed by atoms with Gasteiger partial charge in [-0.1, -0.05) is 0 Å². The van der Waals surface area contributed by atoms with Gasteiger partial charge in [0.15, 0.2) is 0 Å². The van der Waals surface area contributed by atoms with Gasteiger partial charge in [0.1, 0.15) is 5.82 Å². The monoisotopic (exact) mass is 363 g/mol. The molecule has 0 radical (unpaired) electrons. The number of nitrogens with one attached hydrogen (secondary N) is 2. The fourth-order valence-electron chi connectivity index (χ4n) is 3.86. The van der Waals surface area contributed by atoms with Crippen LogP contribution in [0.2, 0.25) is 0 Å². The average Bonchev–Trinajstić information content (AvgIpc) is 2.62. The molecule has 2 aliphatic rings. The van der Waals surface area contributed by atoms with Crippen LogP contribution < -0.4 is 16.4 Å². The number of aromatic nitrogens is 2. The van der Waals surface area contributed by atoms with Crippen LogP contribution in [-0.2, 0) is 4.74 Å². The Kier molecular flexibility index (Phi) is 6.26. The lowest BCUT2D eigenvalue weighted by atomic mass is 9.93. The minimum atomic E-state index is -0.559. The van der Waals surface area contributed by atoms with E-state index in [4.69, 9.17) is 10.5 Å². The number of aliphatic hydroxyl groups excluding tert-OH is 1. The van der Waals surface area contributed by atoms with E-state index in [0.717, 1.165) is 44.9 Å². The molecule has 2 aliphatic carbocycles. The first-order valence-corrected chi connectivity index (χ1v) is 9.46. The van der Waals surface area contributed by atoms with Gasteiger partial charge in [-0.05, 0) is 51.4 Å². The third-order valence-corrected chi connectivity index (χ3v) is 5.38. The molecule has 0 bridgehead atoms. The summed E-state index contributed by atoms with van der Waals surface area (Å²) in [6.07, 6.45) is 8.86. The number of amides is 1. The highest BCUT2D eigenvalue weighted by Crippen LogP contribution is 2.25. The van der Waals surface area contributed by atoms with Crippen LogP contribution in [0.5, 0.6) is 0 Å². The van der Waals surface area contributed by atoms with Gasteiger partial charge < -0.3 is 26.2 Å². The van der Waals surface area contributed by atoms with Gasteiger partial charge in [-0.3, -0.25) is 4.79 Å². The van der Waals surface area contributed by atoms with Gasteiger partial charge in [0.05, 0.1) is 17.8 Å². The lowest BCUT2D eigenvalue weighted by Crippen LogP contribution is -2.32. The molecule has 2 unspecified atom stereocenters. The topological polar surface area (TPSA) is 122 Å². The molecule has 0 aromatic carbocycles. The summed E-state index contributed by atoms with van der Waals surface area (Å²) in [6, 6.07) is 0.377. The first kappa shape index (κ1) is 18.8. The molecule has 144 valence electrons. The number of carbonyl (C=O) groups excluding carboxylic acids is 1. The van der Waals surface area contributed by atoms with E-state index in [1.54, 1.807) is 7.11 Å². The highest BCUT2D eigenvalue weighted by Gasteiger charge is 2.24. The maximum Gasteiger partial charge on any atom is 0.254 e. The summed E-state index contributed by atoms with van der Waals surface area (Å²) in [6.45, 7) is 0. The van der Waals surface area contributed by atoms with E-state index in [2.05, 4.69) is 20.6 Å². The normalized spacial score (nSPS) is 29.2. The lowest BCUT2D eigenvalue weighted by Gasteiger charge is -2.29.